The van der Waals surface area contributed by atoms with Gasteiger partial charge in [0.1, 0.15) is 5.82 Å². The molecule has 2 N–H and O–H groups in total. The van der Waals surface area contributed by atoms with E-state index < -0.39 is 0 Å². The second-order valence-electron chi connectivity index (χ2n) is 4.35. The topological polar surface area (TPSA) is 43.8 Å². The maximum atomic E-state index is 5.58. The number of fused-ring (bicyclic) bond motifs is 1. The lowest BCUT2D eigenvalue weighted by Gasteiger charge is -2.22. The minimum absolute atomic E-state index is 0.699. The third kappa shape index (κ3) is 1.57. The normalized spacial score (nSPS) is 20.9. The van der Waals surface area contributed by atoms with Crippen molar-refractivity contribution >= 4 is 0 Å². The lowest BCUT2D eigenvalue weighted by Crippen LogP contribution is -2.21. The van der Waals surface area contributed by atoms with Crippen LogP contribution in [0.15, 0.2) is 0 Å². The van der Waals surface area contributed by atoms with Gasteiger partial charge in [-0.1, -0.05) is 6.92 Å². The van der Waals surface area contributed by atoms with Crippen LogP contribution in [0.4, 0.5) is 0 Å². The molecule has 2 rings (SSSR count). The predicted octanol–water partition coefficient (Wildman–Crippen LogP) is 1.28. The van der Waals surface area contributed by atoms with Crippen molar-refractivity contribution in [1.29, 1.82) is 0 Å². The number of nitrogens with zero attached hydrogens (tertiary/aromatic N) is 2. The van der Waals surface area contributed by atoms with Gasteiger partial charge < -0.3 is 10.3 Å². The molecule has 3 nitrogen and oxygen atoms in total. The quantitative estimate of drug-likeness (QED) is 0.769. The van der Waals surface area contributed by atoms with E-state index in [-0.39, 0.29) is 0 Å². The van der Waals surface area contributed by atoms with Gasteiger partial charge in [-0.2, -0.15) is 0 Å². The molecule has 1 unspecified atom stereocenters. The maximum Gasteiger partial charge on any atom is 0.110 e. The van der Waals surface area contributed by atoms with Crippen LogP contribution < -0.4 is 5.73 Å². The van der Waals surface area contributed by atoms with Gasteiger partial charge in [0, 0.05) is 18.7 Å². The highest BCUT2D eigenvalue weighted by molar-refractivity contribution is 5.18. The summed E-state index contributed by atoms with van der Waals surface area (Å²) in [6.45, 7) is 6.25. The minimum Gasteiger partial charge on any atom is -0.331 e. The van der Waals surface area contributed by atoms with Crippen LogP contribution in [0.5, 0.6) is 0 Å². The average Bonchev–Trinajstić information content (AvgIpc) is 2.44. The molecule has 0 saturated heterocycles. The summed E-state index contributed by atoms with van der Waals surface area (Å²) in [5, 5.41) is 0. The van der Waals surface area contributed by atoms with Crippen LogP contribution >= 0.6 is 0 Å². The van der Waals surface area contributed by atoms with E-state index in [1.807, 2.05) is 0 Å². The van der Waals surface area contributed by atoms with Gasteiger partial charge >= 0.3 is 0 Å². The summed E-state index contributed by atoms with van der Waals surface area (Å²) < 4.78 is 2.39. The number of aryl methyl sites for hydroxylation is 1. The molecule has 0 amide bonds. The number of hydrogen-bond donors (Lipinski definition) is 1. The molecule has 78 valence electrons. The summed E-state index contributed by atoms with van der Waals surface area (Å²) >= 11 is 0. The summed E-state index contributed by atoms with van der Waals surface area (Å²) in [7, 11) is 0. The van der Waals surface area contributed by atoms with Crippen LogP contribution in [0.3, 0.4) is 0 Å². The zero-order valence-corrected chi connectivity index (χ0v) is 9.08. The number of nitrogens with two attached hydrogens (primary N) is 1. The molecular formula is C11H19N3. The molecule has 1 aliphatic heterocycles. The first-order valence-electron chi connectivity index (χ1n) is 5.47. The van der Waals surface area contributed by atoms with Gasteiger partial charge in [0.25, 0.3) is 0 Å². The van der Waals surface area contributed by atoms with Crippen molar-refractivity contribution in [2.24, 2.45) is 11.7 Å². The van der Waals surface area contributed by atoms with E-state index in [0.29, 0.717) is 6.54 Å². The maximum absolute atomic E-state index is 5.58. The Morgan fingerprint density at radius 1 is 1.57 bits per heavy atom. The first-order valence-corrected chi connectivity index (χ1v) is 5.47. The molecule has 0 fully saturated rings. The SMILES string of the molecule is Cc1nc(CCN)n2c1CCC(C)C2. The van der Waals surface area contributed by atoms with Crippen LogP contribution in [-0.4, -0.2) is 16.1 Å². The van der Waals surface area contributed by atoms with Crippen molar-refractivity contribution < 1.29 is 0 Å². The summed E-state index contributed by atoms with van der Waals surface area (Å²) in [5.74, 6) is 1.97. The van der Waals surface area contributed by atoms with Gasteiger partial charge in [0.2, 0.25) is 0 Å². The molecule has 0 aromatic carbocycles. The Bertz CT molecular complexity index is 328. The molecule has 0 aliphatic carbocycles. The second kappa shape index (κ2) is 3.73. The third-order valence-corrected chi connectivity index (χ3v) is 3.09. The number of imidazole rings is 1. The summed E-state index contributed by atoms with van der Waals surface area (Å²) in [6, 6.07) is 0. The lowest BCUT2D eigenvalue weighted by molar-refractivity contribution is 0.390. The van der Waals surface area contributed by atoms with Crippen molar-refractivity contribution in [2.75, 3.05) is 6.54 Å². The standard InChI is InChI=1S/C11H19N3/c1-8-3-4-10-9(2)13-11(5-6-12)14(10)7-8/h8H,3-7,12H2,1-2H3. The van der Waals surface area contributed by atoms with Crippen LogP contribution in [-0.2, 0) is 19.4 Å². The first kappa shape index (κ1) is 9.71. The van der Waals surface area contributed by atoms with Crippen LogP contribution in [0.25, 0.3) is 0 Å². The van der Waals surface area contributed by atoms with Crippen LogP contribution in [0, 0.1) is 12.8 Å². The molecular weight excluding hydrogens is 174 g/mol. The first-order chi connectivity index (χ1) is 6.72. The molecule has 1 aromatic rings. The summed E-state index contributed by atoms with van der Waals surface area (Å²) in [4.78, 5) is 4.60. The van der Waals surface area contributed by atoms with Gasteiger partial charge in [-0.05, 0) is 32.2 Å². The van der Waals surface area contributed by atoms with E-state index in [4.69, 9.17) is 5.73 Å². The fourth-order valence-corrected chi connectivity index (χ4v) is 2.31. The predicted molar refractivity (Wildman–Crippen MR) is 57.2 cm³/mol. The Morgan fingerprint density at radius 2 is 2.36 bits per heavy atom. The van der Waals surface area contributed by atoms with Crippen molar-refractivity contribution in [3.63, 3.8) is 0 Å². The Morgan fingerprint density at radius 3 is 3.07 bits per heavy atom. The van der Waals surface area contributed by atoms with Gasteiger partial charge in [-0.3, -0.25) is 0 Å². The fourth-order valence-electron chi connectivity index (χ4n) is 2.31. The molecule has 0 saturated carbocycles. The van der Waals surface area contributed by atoms with E-state index in [2.05, 4.69) is 23.4 Å². The van der Waals surface area contributed by atoms with Crippen molar-refractivity contribution in [2.45, 2.75) is 39.7 Å². The monoisotopic (exact) mass is 193 g/mol. The van der Waals surface area contributed by atoms with E-state index in [9.17, 15) is 0 Å². The highest BCUT2D eigenvalue weighted by atomic mass is 15.1. The molecule has 1 aromatic heterocycles. The Balaban J connectivity index is 2.34. The Labute approximate surface area is 85.3 Å². The van der Waals surface area contributed by atoms with E-state index >= 15 is 0 Å². The molecule has 1 aliphatic rings. The van der Waals surface area contributed by atoms with Gasteiger partial charge in [0.15, 0.2) is 0 Å². The summed E-state index contributed by atoms with van der Waals surface area (Å²) in [5.41, 5.74) is 8.23. The van der Waals surface area contributed by atoms with Crippen molar-refractivity contribution in [3.05, 3.63) is 17.2 Å². The second-order valence-corrected chi connectivity index (χ2v) is 4.35. The van der Waals surface area contributed by atoms with E-state index in [0.717, 1.165) is 18.9 Å². The smallest absolute Gasteiger partial charge is 0.110 e. The molecule has 0 radical (unpaired) electrons. The number of hydrogen-bond acceptors (Lipinski definition) is 2. The molecule has 3 heteroatoms. The van der Waals surface area contributed by atoms with Gasteiger partial charge in [-0.15, -0.1) is 0 Å². The minimum atomic E-state index is 0.699. The van der Waals surface area contributed by atoms with E-state index in [1.165, 1.54) is 30.1 Å². The number of rotatable bonds is 2. The Kier molecular flexibility index (Phi) is 2.59. The molecule has 0 bridgehead atoms. The fraction of sp³-hybridized carbons (Fsp3) is 0.727. The zero-order valence-electron chi connectivity index (χ0n) is 9.08. The zero-order chi connectivity index (χ0) is 10.1. The molecule has 1 atom stereocenters. The highest BCUT2D eigenvalue weighted by Crippen LogP contribution is 2.23. The molecule has 2 heterocycles. The summed E-state index contributed by atoms with van der Waals surface area (Å²) in [6.07, 6.45) is 3.40. The molecule has 0 spiro atoms. The Hall–Kier alpha value is -0.830. The van der Waals surface area contributed by atoms with Crippen LogP contribution in [0.1, 0.15) is 30.6 Å². The number of aromatic nitrogens is 2. The average molecular weight is 193 g/mol. The van der Waals surface area contributed by atoms with Crippen molar-refractivity contribution in [1.82, 2.24) is 9.55 Å². The lowest BCUT2D eigenvalue weighted by atomic mass is 9.99. The largest absolute Gasteiger partial charge is 0.331 e. The highest BCUT2D eigenvalue weighted by Gasteiger charge is 2.20. The van der Waals surface area contributed by atoms with Crippen molar-refractivity contribution in [3.8, 4) is 0 Å². The third-order valence-electron chi connectivity index (χ3n) is 3.09. The van der Waals surface area contributed by atoms with E-state index in [1.54, 1.807) is 0 Å². The van der Waals surface area contributed by atoms with Crippen LogP contribution in [0.2, 0.25) is 0 Å². The van der Waals surface area contributed by atoms with Gasteiger partial charge in [-0.25, -0.2) is 4.98 Å². The van der Waals surface area contributed by atoms with Gasteiger partial charge in [0.05, 0.1) is 5.69 Å². The molecule has 14 heavy (non-hydrogen) atoms.